The Labute approximate surface area is 94.7 Å². The van der Waals surface area contributed by atoms with Crippen molar-refractivity contribution < 1.29 is 28.5 Å². The van der Waals surface area contributed by atoms with Crippen molar-refractivity contribution in [3.05, 3.63) is 0 Å². The molecule has 1 saturated heterocycles. The van der Waals surface area contributed by atoms with Crippen molar-refractivity contribution in [3.8, 4) is 0 Å². The molecule has 1 atom stereocenters. The van der Waals surface area contributed by atoms with Gasteiger partial charge in [-0.05, 0) is 0 Å². The molecule has 0 bridgehead atoms. The average Bonchev–Trinajstić information content (AvgIpc) is 2.32. The van der Waals surface area contributed by atoms with Gasteiger partial charge < -0.3 is 23.7 Å². The van der Waals surface area contributed by atoms with Crippen LogP contribution in [0.4, 0.5) is 0 Å². The number of hydrogen-bond donors (Lipinski definition) is 0. The molecule has 0 radical (unpaired) electrons. The molecule has 1 heterocycles. The first-order chi connectivity index (χ1) is 7.64. The minimum absolute atomic E-state index is 0.0244. The topological polar surface area (TPSA) is 63.2 Å². The lowest BCUT2D eigenvalue weighted by molar-refractivity contribution is -0.305. The van der Waals surface area contributed by atoms with Crippen LogP contribution in [0.1, 0.15) is 6.92 Å². The molecule has 6 nitrogen and oxygen atoms in total. The van der Waals surface area contributed by atoms with Crippen molar-refractivity contribution in [2.24, 2.45) is 0 Å². The monoisotopic (exact) mass is 234 g/mol. The summed E-state index contributed by atoms with van der Waals surface area (Å²) in [5, 5.41) is 0. The Bertz CT molecular complexity index is 219. The standard InChI is InChI=1S/C10H18O6/c1-8(11)16-7-10(12-2,13-3)9-6-14-4-5-15-9/h9H,4-7H2,1-3H3. The molecule has 94 valence electrons. The van der Waals surface area contributed by atoms with Gasteiger partial charge in [-0.1, -0.05) is 0 Å². The number of methoxy groups -OCH3 is 2. The predicted molar refractivity (Wildman–Crippen MR) is 53.9 cm³/mol. The van der Waals surface area contributed by atoms with Crippen LogP contribution in [-0.2, 0) is 28.5 Å². The number of rotatable bonds is 5. The highest BCUT2D eigenvalue weighted by Gasteiger charge is 2.43. The highest BCUT2D eigenvalue weighted by Crippen LogP contribution is 2.22. The van der Waals surface area contributed by atoms with Crippen LogP contribution >= 0.6 is 0 Å². The van der Waals surface area contributed by atoms with Crippen molar-refractivity contribution in [3.63, 3.8) is 0 Å². The van der Waals surface area contributed by atoms with E-state index in [4.69, 9.17) is 23.7 Å². The fourth-order valence-corrected chi connectivity index (χ4v) is 1.50. The zero-order chi connectivity index (χ0) is 12.0. The van der Waals surface area contributed by atoms with Gasteiger partial charge in [0.1, 0.15) is 12.7 Å². The van der Waals surface area contributed by atoms with Crippen molar-refractivity contribution >= 4 is 5.97 Å². The second-order valence-electron chi connectivity index (χ2n) is 3.43. The molecule has 0 N–H and O–H groups in total. The minimum atomic E-state index is -1.11. The summed E-state index contributed by atoms with van der Waals surface area (Å²) >= 11 is 0. The molecule has 0 spiro atoms. The Hall–Kier alpha value is -0.690. The quantitative estimate of drug-likeness (QED) is 0.491. The third-order valence-electron chi connectivity index (χ3n) is 2.47. The molecule has 0 aromatic rings. The lowest BCUT2D eigenvalue weighted by Crippen LogP contribution is -2.55. The molecule has 0 aliphatic carbocycles. The fraction of sp³-hybridized carbons (Fsp3) is 0.900. The number of ether oxygens (including phenoxy) is 5. The van der Waals surface area contributed by atoms with Gasteiger partial charge in [0.15, 0.2) is 0 Å². The second kappa shape index (κ2) is 6.15. The predicted octanol–water partition coefficient (Wildman–Crippen LogP) is -0.0460. The van der Waals surface area contributed by atoms with Gasteiger partial charge in [0, 0.05) is 21.1 Å². The Kier molecular flexibility index (Phi) is 5.14. The summed E-state index contributed by atoms with van der Waals surface area (Å²) in [6.45, 7) is 2.67. The van der Waals surface area contributed by atoms with Crippen LogP contribution in [0.5, 0.6) is 0 Å². The van der Waals surface area contributed by atoms with Crippen LogP contribution in [0.3, 0.4) is 0 Å². The molecule has 1 aliphatic heterocycles. The summed E-state index contributed by atoms with van der Waals surface area (Å²) in [7, 11) is 2.95. The second-order valence-corrected chi connectivity index (χ2v) is 3.43. The first-order valence-corrected chi connectivity index (χ1v) is 5.07. The number of carbonyl (C=O) groups is 1. The van der Waals surface area contributed by atoms with E-state index in [2.05, 4.69) is 0 Å². The molecule has 16 heavy (non-hydrogen) atoms. The maximum absolute atomic E-state index is 10.8. The van der Waals surface area contributed by atoms with E-state index in [1.165, 1.54) is 21.1 Å². The zero-order valence-electron chi connectivity index (χ0n) is 9.86. The summed E-state index contributed by atoms with van der Waals surface area (Å²) in [6, 6.07) is 0. The smallest absolute Gasteiger partial charge is 0.302 e. The van der Waals surface area contributed by atoms with Crippen LogP contribution in [-0.4, -0.2) is 58.5 Å². The maximum Gasteiger partial charge on any atom is 0.302 e. The molecule has 6 heteroatoms. The van der Waals surface area contributed by atoms with Gasteiger partial charge in [0.2, 0.25) is 5.79 Å². The largest absolute Gasteiger partial charge is 0.460 e. The highest BCUT2D eigenvalue weighted by molar-refractivity contribution is 5.65. The lowest BCUT2D eigenvalue weighted by Gasteiger charge is -2.38. The van der Waals surface area contributed by atoms with Gasteiger partial charge in [-0.3, -0.25) is 4.79 Å². The Morgan fingerprint density at radius 3 is 2.50 bits per heavy atom. The van der Waals surface area contributed by atoms with Crippen molar-refractivity contribution in [1.29, 1.82) is 0 Å². The molecule has 0 aromatic carbocycles. The van der Waals surface area contributed by atoms with Crippen molar-refractivity contribution in [2.75, 3.05) is 40.6 Å². The molecule has 1 unspecified atom stereocenters. The van der Waals surface area contributed by atoms with Crippen LogP contribution in [0.25, 0.3) is 0 Å². The van der Waals surface area contributed by atoms with E-state index in [-0.39, 0.29) is 6.61 Å². The maximum atomic E-state index is 10.8. The Morgan fingerprint density at radius 2 is 2.06 bits per heavy atom. The van der Waals surface area contributed by atoms with Crippen LogP contribution in [0.15, 0.2) is 0 Å². The molecule has 0 amide bonds. The van der Waals surface area contributed by atoms with Crippen molar-refractivity contribution in [1.82, 2.24) is 0 Å². The Morgan fingerprint density at radius 1 is 1.38 bits per heavy atom. The normalized spacial score (nSPS) is 21.8. The minimum Gasteiger partial charge on any atom is -0.460 e. The molecule has 0 saturated carbocycles. The van der Waals surface area contributed by atoms with E-state index in [1.54, 1.807) is 0 Å². The van der Waals surface area contributed by atoms with E-state index in [0.29, 0.717) is 19.8 Å². The highest BCUT2D eigenvalue weighted by atomic mass is 16.7. The third-order valence-corrected chi connectivity index (χ3v) is 2.47. The summed E-state index contributed by atoms with van der Waals surface area (Å²) in [6.07, 6.45) is -0.407. The van der Waals surface area contributed by atoms with Gasteiger partial charge in [0.05, 0.1) is 19.8 Å². The lowest BCUT2D eigenvalue weighted by atomic mass is 10.1. The molecule has 1 aliphatic rings. The summed E-state index contributed by atoms with van der Waals surface area (Å²) in [5.74, 6) is -1.50. The Balaban J connectivity index is 2.64. The van der Waals surface area contributed by atoms with Crippen LogP contribution in [0, 0.1) is 0 Å². The van der Waals surface area contributed by atoms with Crippen molar-refractivity contribution in [2.45, 2.75) is 18.8 Å². The fourth-order valence-electron chi connectivity index (χ4n) is 1.50. The first kappa shape index (κ1) is 13.4. The van der Waals surface area contributed by atoms with Gasteiger partial charge in [-0.2, -0.15) is 0 Å². The van der Waals surface area contributed by atoms with Crippen LogP contribution < -0.4 is 0 Å². The summed E-state index contributed by atoms with van der Waals surface area (Å²) in [5.41, 5.74) is 0. The number of hydrogen-bond acceptors (Lipinski definition) is 6. The van der Waals surface area contributed by atoms with E-state index >= 15 is 0 Å². The van der Waals surface area contributed by atoms with Gasteiger partial charge in [-0.25, -0.2) is 0 Å². The van der Waals surface area contributed by atoms with Gasteiger partial charge in [0.25, 0.3) is 0 Å². The van der Waals surface area contributed by atoms with Crippen LogP contribution in [0.2, 0.25) is 0 Å². The van der Waals surface area contributed by atoms with E-state index in [9.17, 15) is 4.79 Å². The van der Waals surface area contributed by atoms with E-state index in [0.717, 1.165) is 0 Å². The van der Waals surface area contributed by atoms with E-state index in [1.807, 2.05) is 0 Å². The van der Waals surface area contributed by atoms with Gasteiger partial charge >= 0.3 is 5.97 Å². The molecule has 1 fully saturated rings. The summed E-state index contributed by atoms with van der Waals surface area (Å²) < 4.78 is 26.2. The third kappa shape index (κ3) is 3.15. The molecular weight excluding hydrogens is 216 g/mol. The number of esters is 1. The molecule has 0 aromatic heterocycles. The van der Waals surface area contributed by atoms with E-state index < -0.39 is 17.9 Å². The SMILES string of the molecule is COC(COC(C)=O)(OC)C1COCCO1. The van der Waals surface area contributed by atoms with Gasteiger partial charge in [-0.15, -0.1) is 0 Å². The molecular formula is C10H18O6. The average molecular weight is 234 g/mol. The zero-order valence-corrected chi connectivity index (χ0v) is 9.86. The number of carbonyl (C=O) groups excluding carboxylic acids is 1. The first-order valence-electron chi connectivity index (χ1n) is 5.07. The molecule has 1 rings (SSSR count). The summed E-state index contributed by atoms with van der Waals surface area (Å²) in [4.78, 5) is 10.8.